The van der Waals surface area contributed by atoms with Gasteiger partial charge in [0.2, 0.25) is 11.9 Å². The highest BCUT2D eigenvalue weighted by Gasteiger charge is 2.28. The van der Waals surface area contributed by atoms with Crippen molar-refractivity contribution in [3.8, 4) is 0 Å². The maximum atomic E-state index is 11.8. The molecule has 3 aromatic rings. The molecule has 3 fully saturated rings. The molecule has 0 spiro atoms. The molecule has 1 aromatic carbocycles. The summed E-state index contributed by atoms with van der Waals surface area (Å²) in [6.45, 7) is 9.27. The minimum Gasteiger partial charge on any atom is -0.369 e. The van der Waals surface area contributed by atoms with Crippen LogP contribution in [0.25, 0.3) is 11.2 Å². The van der Waals surface area contributed by atoms with E-state index in [0.29, 0.717) is 24.4 Å². The smallest absolute Gasteiger partial charge is 0.243 e. The lowest BCUT2D eigenvalue weighted by Crippen LogP contribution is -2.44. The van der Waals surface area contributed by atoms with Crippen LogP contribution in [-0.4, -0.2) is 82.7 Å². The molecular formula is C27H35N9O. The molecule has 0 bridgehead atoms. The molecule has 1 amide bonds. The highest BCUT2D eigenvalue weighted by atomic mass is 16.1. The molecule has 1 unspecified atom stereocenters. The number of carbonyl (C=O) groups excluding carboxylic acids is 1. The van der Waals surface area contributed by atoms with Crippen molar-refractivity contribution >= 4 is 40.2 Å². The molecule has 3 aliphatic rings. The molecule has 2 aliphatic heterocycles. The summed E-state index contributed by atoms with van der Waals surface area (Å²) < 4.78 is 2.21. The Morgan fingerprint density at radius 1 is 1.03 bits per heavy atom. The van der Waals surface area contributed by atoms with Gasteiger partial charge in [-0.1, -0.05) is 6.58 Å². The maximum Gasteiger partial charge on any atom is 0.243 e. The van der Waals surface area contributed by atoms with Crippen molar-refractivity contribution in [3.05, 3.63) is 43.2 Å². The molecule has 10 heteroatoms. The van der Waals surface area contributed by atoms with Crippen LogP contribution in [0, 0.1) is 0 Å². The van der Waals surface area contributed by atoms with Crippen LogP contribution in [0.4, 0.5) is 23.1 Å². The molecular weight excluding hydrogens is 466 g/mol. The van der Waals surface area contributed by atoms with E-state index in [1.807, 2.05) is 6.33 Å². The molecule has 6 rings (SSSR count). The summed E-state index contributed by atoms with van der Waals surface area (Å²) >= 11 is 0. The topological polar surface area (TPSA) is 94.5 Å². The van der Waals surface area contributed by atoms with Crippen molar-refractivity contribution in [3.63, 3.8) is 0 Å². The molecule has 37 heavy (non-hydrogen) atoms. The van der Waals surface area contributed by atoms with Crippen LogP contribution >= 0.6 is 0 Å². The van der Waals surface area contributed by atoms with Crippen LogP contribution in [-0.2, 0) is 4.79 Å². The fraction of sp³-hybridized carbons (Fsp3) is 0.481. The van der Waals surface area contributed by atoms with E-state index in [2.05, 4.69) is 67.8 Å². The lowest BCUT2D eigenvalue weighted by Gasteiger charge is -2.34. The van der Waals surface area contributed by atoms with E-state index in [4.69, 9.17) is 15.0 Å². The Morgan fingerprint density at radius 2 is 1.81 bits per heavy atom. The van der Waals surface area contributed by atoms with Crippen LogP contribution in [0.2, 0.25) is 0 Å². The van der Waals surface area contributed by atoms with E-state index in [0.717, 1.165) is 68.8 Å². The molecule has 1 atom stereocenters. The zero-order valence-electron chi connectivity index (χ0n) is 21.4. The summed E-state index contributed by atoms with van der Waals surface area (Å²) in [5.41, 5.74) is 3.87. The van der Waals surface area contributed by atoms with E-state index >= 15 is 0 Å². The van der Waals surface area contributed by atoms with E-state index in [9.17, 15) is 4.79 Å². The zero-order chi connectivity index (χ0) is 25.4. The first-order chi connectivity index (χ1) is 18.1. The molecule has 4 heterocycles. The second-order valence-electron chi connectivity index (χ2n) is 10.4. The minimum absolute atomic E-state index is 0.0554. The molecule has 0 radical (unpaired) electrons. The normalized spacial score (nSPS) is 20.7. The largest absolute Gasteiger partial charge is 0.369 e. The molecule has 10 nitrogen and oxygen atoms in total. The predicted molar refractivity (Wildman–Crippen MR) is 147 cm³/mol. The summed E-state index contributed by atoms with van der Waals surface area (Å²) in [6, 6.07) is 9.07. The first kappa shape index (κ1) is 23.7. The number of nitrogens with zero attached hydrogens (tertiary/aromatic N) is 7. The second kappa shape index (κ2) is 10.0. The molecule has 194 valence electrons. The van der Waals surface area contributed by atoms with Gasteiger partial charge in [-0.25, -0.2) is 4.98 Å². The molecule has 2 N–H and O–H groups in total. The Labute approximate surface area is 217 Å². The molecule has 2 saturated heterocycles. The maximum absolute atomic E-state index is 11.8. The third-order valence-corrected chi connectivity index (χ3v) is 7.88. The number of anilines is 4. The Bertz CT molecular complexity index is 1280. The van der Waals surface area contributed by atoms with Gasteiger partial charge in [-0.05, 0) is 63.1 Å². The van der Waals surface area contributed by atoms with E-state index in [-0.39, 0.29) is 11.9 Å². The molecule has 2 aromatic heterocycles. The second-order valence-corrected chi connectivity index (χ2v) is 10.4. The summed E-state index contributed by atoms with van der Waals surface area (Å²) in [4.78, 5) is 33.4. The Balaban J connectivity index is 1.27. The Kier molecular flexibility index (Phi) is 6.42. The quantitative estimate of drug-likeness (QED) is 0.478. The number of fused-ring (bicyclic) bond motifs is 1. The van der Waals surface area contributed by atoms with Crippen LogP contribution in [0.5, 0.6) is 0 Å². The van der Waals surface area contributed by atoms with Gasteiger partial charge in [0.25, 0.3) is 0 Å². The summed E-state index contributed by atoms with van der Waals surface area (Å²) in [5, 5.41) is 6.53. The van der Waals surface area contributed by atoms with Gasteiger partial charge < -0.3 is 29.9 Å². The van der Waals surface area contributed by atoms with Crippen molar-refractivity contribution < 1.29 is 4.79 Å². The lowest BCUT2D eigenvalue weighted by molar-refractivity contribution is -0.117. The van der Waals surface area contributed by atoms with E-state index in [1.54, 1.807) is 0 Å². The van der Waals surface area contributed by atoms with Gasteiger partial charge >= 0.3 is 0 Å². The summed E-state index contributed by atoms with van der Waals surface area (Å²) in [5.74, 6) is 1.23. The number of benzene rings is 1. The number of hydrogen-bond donors (Lipinski definition) is 2. The van der Waals surface area contributed by atoms with Crippen LogP contribution in [0.3, 0.4) is 0 Å². The van der Waals surface area contributed by atoms with E-state index < -0.39 is 0 Å². The number of aromatic nitrogens is 4. The average Bonchev–Trinajstić information content (AvgIpc) is 3.52. The van der Waals surface area contributed by atoms with Gasteiger partial charge in [0.15, 0.2) is 17.0 Å². The van der Waals surface area contributed by atoms with Crippen LogP contribution in [0.1, 0.15) is 31.7 Å². The predicted octanol–water partition coefficient (Wildman–Crippen LogP) is 2.93. The van der Waals surface area contributed by atoms with Gasteiger partial charge in [0.1, 0.15) is 0 Å². The zero-order valence-corrected chi connectivity index (χ0v) is 21.4. The highest BCUT2D eigenvalue weighted by molar-refractivity contribution is 5.88. The Hall–Kier alpha value is -3.66. The monoisotopic (exact) mass is 501 g/mol. The van der Waals surface area contributed by atoms with Crippen molar-refractivity contribution in [2.75, 3.05) is 61.4 Å². The number of nitrogens with one attached hydrogen (secondary N) is 2. The van der Waals surface area contributed by atoms with E-state index in [1.165, 1.54) is 18.2 Å². The standard InChI is InChI=1S/C27H35N9O/c1-3-23(37)29-20-11-12-35(17-20)27-31-25(24-26(32-27)36(18-28-24)22-5-4-6-22)30-19-7-9-21(10-8-19)34-15-13-33(2)14-16-34/h3,7-10,18,20,22H,1,4-6,11-17H2,2H3,(H,29,37)(H,30,31,32). The van der Waals surface area contributed by atoms with Gasteiger partial charge in [0, 0.05) is 62.7 Å². The number of piperazine rings is 1. The number of rotatable bonds is 7. The number of imidazole rings is 1. The molecule has 1 saturated carbocycles. The number of amides is 1. The minimum atomic E-state index is -0.145. The van der Waals surface area contributed by atoms with Gasteiger partial charge in [-0.15, -0.1) is 0 Å². The van der Waals surface area contributed by atoms with Crippen molar-refractivity contribution in [2.45, 2.75) is 37.8 Å². The number of hydrogen-bond acceptors (Lipinski definition) is 8. The number of carbonyl (C=O) groups is 1. The van der Waals surface area contributed by atoms with Crippen molar-refractivity contribution in [1.29, 1.82) is 0 Å². The van der Waals surface area contributed by atoms with Crippen molar-refractivity contribution in [2.24, 2.45) is 0 Å². The van der Waals surface area contributed by atoms with Crippen LogP contribution in [0.15, 0.2) is 43.2 Å². The van der Waals surface area contributed by atoms with Gasteiger partial charge in [-0.2, -0.15) is 9.97 Å². The Morgan fingerprint density at radius 3 is 2.51 bits per heavy atom. The first-order valence-electron chi connectivity index (χ1n) is 13.3. The highest BCUT2D eigenvalue weighted by Crippen LogP contribution is 2.36. The summed E-state index contributed by atoms with van der Waals surface area (Å²) in [7, 11) is 2.17. The fourth-order valence-corrected chi connectivity index (χ4v) is 5.34. The average molecular weight is 502 g/mol. The van der Waals surface area contributed by atoms with Gasteiger partial charge in [0.05, 0.1) is 6.33 Å². The summed E-state index contributed by atoms with van der Waals surface area (Å²) in [6.07, 6.45) is 7.62. The fourth-order valence-electron chi connectivity index (χ4n) is 5.34. The SMILES string of the molecule is C=CC(=O)NC1CCN(c2nc(Nc3ccc(N4CCN(C)CC4)cc3)c3ncn(C4CCC4)c3n2)C1. The number of likely N-dealkylation sites (N-methyl/N-ethyl adjacent to an activating group) is 1. The van der Waals surface area contributed by atoms with Crippen molar-refractivity contribution in [1.82, 2.24) is 29.7 Å². The first-order valence-corrected chi connectivity index (χ1v) is 13.3. The third kappa shape index (κ3) is 4.85. The lowest BCUT2D eigenvalue weighted by atomic mass is 9.93. The van der Waals surface area contributed by atoms with Crippen LogP contribution < -0.4 is 20.4 Å². The van der Waals surface area contributed by atoms with Gasteiger partial charge in [-0.3, -0.25) is 4.79 Å². The third-order valence-electron chi connectivity index (χ3n) is 7.88. The molecule has 1 aliphatic carbocycles.